The first-order chi connectivity index (χ1) is 3.93. The van der Waals surface area contributed by atoms with Crippen molar-refractivity contribution in [2.75, 3.05) is 4.43 Å². The van der Waals surface area contributed by atoms with Crippen LogP contribution in [0.3, 0.4) is 0 Å². The van der Waals surface area contributed by atoms with E-state index >= 15 is 0 Å². The molecule has 0 amide bonds. The number of ether oxygens (including phenoxy) is 1. The molecule has 1 unspecified atom stereocenters. The number of hydrogen-bond donors (Lipinski definition) is 0. The predicted octanol–water partition coefficient (Wildman–Crippen LogP) is 2.11. The van der Waals surface area contributed by atoms with Crippen LogP contribution in [0, 0.1) is 0 Å². The van der Waals surface area contributed by atoms with Gasteiger partial charge in [-0.2, -0.15) is 0 Å². The van der Waals surface area contributed by atoms with Crippen LogP contribution in [0.5, 0.6) is 0 Å². The summed E-state index contributed by atoms with van der Waals surface area (Å²) in [6.45, 7) is 0. The summed E-state index contributed by atoms with van der Waals surface area (Å²) in [6, 6.07) is 0. The molecule has 1 heterocycles. The molecule has 0 aromatic heterocycles. The summed E-state index contributed by atoms with van der Waals surface area (Å²) in [5.74, 6) is 0. The predicted molar refractivity (Wildman–Crippen MR) is 42.1 cm³/mol. The number of alkyl halides is 1. The van der Waals surface area contributed by atoms with Crippen LogP contribution in [0.25, 0.3) is 0 Å². The van der Waals surface area contributed by atoms with E-state index in [2.05, 4.69) is 28.7 Å². The van der Waals surface area contributed by atoms with Gasteiger partial charge >= 0.3 is 0 Å². The Morgan fingerprint density at radius 1 is 1.75 bits per heavy atom. The first-order valence-corrected chi connectivity index (χ1v) is 4.32. The maximum Gasteiger partial charge on any atom is 0.107 e. The topological polar surface area (TPSA) is 9.23 Å². The van der Waals surface area contributed by atoms with E-state index in [9.17, 15) is 0 Å². The van der Waals surface area contributed by atoms with E-state index in [0.29, 0.717) is 6.10 Å². The smallest absolute Gasteiger partial charge is 0.107 e. The van der Waals surface area contributed by atoms with Gasteiger partial charge in [0.15, 0.2) is 0 Å². The van der Waals surface area contributed by atoms with E-state index in [4.69, 9.17) is 4.74 Å². The van der Waals surface area contributed by atoms with Gasteiger partial charge in [0.1, 0.15) is 6.10 Å². The van der Waals surface area contributed by atoms with Crippen molar-refractivity contribution < 1.29 is 4.74 Å². The van der Waals surface area contributed by atoms with Gasteiger partial charge in [0.05, 0.1) is 6.26 Å². The van der Waals surface area contributed by atoms with E-state index in [1.54, 1.807) is 0 Å². The molecular formula is C6H9IO. The molecule has 1 aliphatic heterocycles. The highest BCUT2D eigenvalue weighted by molar-refractivity contribution is 14.1. The fraction of sp³-hybridized carbons (Fsp3) is 0.667. The van der Waals surface area contributed by atoms with E-state index in [1.807, 2.05) is 6.26 Å². The molecule has 0 spiro atoms. The molecule has 1 atom stereocenters. The van der Waals surface area contributed by atoms with E-state index in [1.165, 1.54) is 12.8 Å². The Morgan fingerprint density at radius 3 is 3.00 bits per heavy atom. The molecule has 0 saturated heterocycles. The standard InChI is InChI=1S/C6H9IO/c7-5-6-3-1-2-4-8-6/h2,4,6H,1,3,5H2. The SMILES string of the molecule is ICC1CCC=CO1. The summed E-state index contributed by atoms with van der Waals surface area (Å²) < 4.78 is 6.35. The summed E-state index contributed by atoms with van der Waals surface area (Å²) in [7, 11) is 0. The summed E-state index contributed by atoms with van der Waals surface area (Å²) in [5.41, 5.74) is 0. The molecule has 0 N–H and O–H groups in total. The molecule has 0 radical (unpaired) electrons. The van der Waals surface area contributed by atoms with Crippen molar-refractivity contribution >= 4 is 22.6 Å². The van der Waals surface area contributed by atoms with Crippen LogP contribution in [-0.4, -0.2) is 10.5 Å². The van der Waals surface area contributed by atoms with Crippen molar-refractivity contribution in [1.29, 1.82) is 0 Å². The zero-order valence-corrected chi connectivity index (χ0v) is 6.80. The van der Waals surface area contributed by atoms with Gasteiger partial charge in [-0.15, -0.1) is 0 Å². The Hall–Kier alpha value is 0.270. The highest BCUT2D eigenvalue weighted by Gasteiger charge is 2.06. The van der Waals surface area contributed by atoms with Crippen LogP contribution in [0.4, 0.5) is 0 Å². The minimum Gasteiger partial charge on any atom is -0.498 e. The van der Waals surface area contributed by atoms with Crippen molar-refractivity contribution in [1.82, 2.24) is 0 Å². The van der Waals surface area contributed by atoms with Crippen LogP contribution >= 0.6 is 22.6 Å². The molecule has 0 aromatic carbocycles. The van der Waals surface area contributed by atoms with Crippen molar-refractivity contribution in [3.8, 4) is 0 Å². The average Bonchev–Trinajstić information content (AvgIpc) is 1.90. The van der Waals surface area contributed by atoms with Crippen molar-refractivity contribution in [2.24, 2.45) is 0 Å². The Balaban J connectivity index is 2.27. The molecule has 0 saturated carbocycles. The lowest BCUT2D eigenvalue weighted by atomic mass is 10.2. The van der Waals surface area contributed by atoms with E-state index in [0.717, 1.165) is 4.43 Å². The molecule has 0 bridgehead atoms. The number of allylic oxidation sites excluding steroid dienone is 1. The van der Waals surface area contributed by atoms with Gasteiger partial charge < -0.3 is 4.74 Å². The monoisotopic (exact) mass is 224 g/mol. The van der Waals surface area contributed by atoms with Gasteiger partial charge in [-0.05, 0) is 18.9 Å². The number of rotatable bonds is 1. The minimum absolute atomic E-state index is 0.487. The maximum absolute atomic E-state index is 5.24. The second kappa shape index (κ2) is 3.33. The number of hydrogen-bond acceptors (Lipinski definition) is 1. The zero-order chi connectivity index (χ0) is 5.82. The molecular weight excluding hydrogens is 215 g/mol. The van der Waals surface area contributed by atoms with Crippen LogP contribution in [0.2, 0.25) is 0 Å². The summed E-state index contributed by atoms with van der Waals surface area (Å²) in [4.78, 5) is 0. The fourth-order valence-electron chi connectivity index (χ4n) is 0.698. The van der Waals surface area contributed by atoms with E-state index < -0.39 is 0 Å². The average molecular weight is 224 g/mol. The number of halogens is 1. The summed E-state index contributed by atoms with van der Waals surface area (Å²) in [5, 5.41) is 0. The first kappa shape index (κ1) is 6.39. The third-order valence-corrected chi connectivity index (χ3v) is 2.18. The molecule has 46 valence electrons. The third-order valence-electron chi connectivity index (χ3n) is 1.19. The van der Waals surface area contributed by atoms with Gasteiger partial charge in [-0.3, -0.25) is 0 Å². The second-order valence-electron chi connectivity index (χ2n) is 1.86. The van der Waals surface area contributed by atoms with Gasteiger partial charge in [-0.25, -0.2) is 0 Å². The fourth-order valence-corrected chi connectivity index (χ4v) is 1.35. The Bertz CT molecular complexity index is 90.5. The Labute approximate surface area is 63.2 Å². The summed E-state index contributed by atoms with van der Waals surface area (Å²) in [6.07, 6.45) is 6.75. The van der Waals surface area contributed by atoms with Gasteiger partial charge in [0, 0.05) is 4.43 Å². The normalized spacial score (nSPS) is 27.4. The third kappa shape index (κ3) is 1.65. The lowest BCUT2D eigenvalue weighted by Crippen LogP contribution is -2.13. The highest BCUT2D eigenvalue weighted by atomic mass is 127. The second-order valence-corrected chi connectivity index (χ2v) is 2.74. The maximum atomic E-state index is 5.24. The minimum atomic E-state index is 0.487. The molecule has 1 aliphatic rings. The van der Waals surface area contributed by atoms with Crippen LogP contribution in [0.15, 0.2) is 12.3 Å². The molecule has 0 aliphatic carbocycles. The lowest BCUT2D eigenvalue weighted by molar-refractivity contribution is 0.147. The first-order valence-electron chi connectivity index (χ1n) is 2.80. The lowest BCUT2D eigenvalue weighted by Gasteiger charge is -2.15. The molecule has 0 aromatic rings. The highest BCUT2D eigenvalue weighted by Crippen LogP contribution is 2.11. The van der Waals surface area contributed by atoms with Gasteiger partial charge in [0.2, 0.25) is 0 Å². The van der Waals surface area contributed by atoms with Crippen molar-refractivity contribution in [3.63, 3.8) is 0 Å². The molecule has 1 nitrogen and oxygen atoms in total. The van der Waals surface area contributed by atoms with Gasteiger partial charge in [-0.1, -0.05) is 22.6 Å². The zero-order valence-electron chi connectivity index (χ0n) is 4.64. The van der Waals surface area contributed by atoms with Crippen LogP contribution in [-0.2, 0) is 4.74 Å². The molecule has 1 rings (SSSR count). The quantitative estimate of drug-likeness (QED) is 0.489. The summed E-state index contributed by atoms with van der Waals surface area (Å²) >= 11 is 2.35. The Kier molecular flexibility index (Phi) is 2.66. The largest absolute Gasteiger partial charge is 0.498 e. The van der Waals surface area contributed by atoms with Crippen molar-refractivity contribution in [3.05, 3.63) is 12.3 Å². The van der Waals surface area contributed by atoms with Crippen LogP contribution in [0.1, 0.15) is 12.8 Å². The molecule has 2 heteroatoms. The molecule has 8 heavy (non-hydrogen) atoms. The van der Waals surface area contributed by atoms with Crippen molar-refractivity contribution in [2.45, 2.75) is 18.9 Å². The molecule has 0 fully saturated rings. The Morgan fingerprint density at radius 2 is 2.62 bits per heavy atom. The van der Waals surface area contributed by atoms with E-state index in [-0.39, 0.29) is 0 Å². The van der Waals surface area contributed by atoms with Gasteiger partial charge in [0.25, 0.3) is 0 Å². The van der Waals surface area contributed by atoms with Crippen LogP contribution < -0.4 is 0 Å².